The minimum absolute atomic E-state index is 0.214. The lowest BCUT2D eigenvalue weighted by molar-refractivity contribution is -0.274. The molecule has 0 aliphatic rings. The fourth-order valence-electron chi connectivity index (χ4n) is 1.98. The van der Waals surface area contributed by atoms with Gasteiger partial charge in [-0.25, -0.2) is 0 Å². The zero-order valence-electron chi connectivity index (χ0n) is 11.6. The van der Waals surface area contributed by atoms with Crippen LogP contribution in [-0.4, -0.2) is 24.1 Å². The van der Waals surface area contributed by atoms with E-state index in [0.29, 0.717) is 25.4 Å². The molecular weight excluding hydrogens is 271 g/mol. The van der Waals surface area contributed by atoms with Crippen LogP contribution < -0.4 is 10.1 Å². The number of hydrogen-bond donors (Lipinski definition) is 2. The molecule has 0 aromatic heterocycles. The van der Waals surface area contributed by atoms with Crippen LogP contribution in [0.1, 0.15) is 25.8 Å². The van der Waals surface area contributed by atoms with Gasteiger partial charge in [-0.2, -0.15) is 0 Å². The molecule has 0 amide bonds. The summed E-state index contributed by atoms with van der Waals surface area (Å²) in [5.74, 6) is 0.0819. The highest BCUT2D eigenvalue weighted by Crippen LogP contribution is 2.23. The average Bonchev–Trinajstić information content (AvgIpc) is 2.25. The first-order chi connectivity index (χ1) is 9.26. The third-order valence-corrected chi connectivity index (χ3v) is 2.70. The van der Waals surface area contributed by atoms with E-state index in [1.54, 1.807) is 13.0 Å². The summed E-state index contributed by atoms with van der Waals surface area (Å²) in [6, 6.07) is 5.89. The lowest BCUT2D eigenvalue weighted by atomic mass is 10.0. The van der Waals surface area contributed by atoms with E-state index in [1.165, 1.54) is 18.2 Å². The van der Waals surface area contributed by atoms with Gasteiger partial charge in [-0.15, -0.1) is 13.2 Å². The summed E-state index contributed by atoms with van der Waals surface area (Å²) in [5.41, 5.74) is 0.719. The molecule has 1 aromatic rings. The van der Waals surface area contributed by atoms with Crippen LogP contribution in [0.25, 0.3) is 0 Å². The molecule has 6 heteroatoms. The Hall–Kier alpha value is -1.27. The highest BCUT2D eigenvalue weighted by atomic mass is 19.4. The van der Waals surface area contributed by atoms with Crippen LogP contribution in [0.2, 0.25) is 0 Å². The molecule has 0 fully saturated rings. The second kappa shape index (κ2) is 7.50. The maximum absolute atomic E-state index is 12.1. The standard InChI is InChI=1S/C14H20F3NO2/c1-10(6-11(2)19)8-18-9-12-4-3-5-13(7-12)20-14(15,16)17/h3-5,7,10-11,18-19H,6,8-9H2,1-2H3. The average molecular weight is 291 g/mol. The van der Waals surface area contributed by atoms with Crippen LogP contribution in [0, 0.1) is 5.92 Å². The molecule has 0 saturated heterocycles. The van der Waals surface area contributed by atoms with Crippen LogP contribution in [0.15, 0.2) is 24.3 Å². The predicted octanol–water partition coefficient (Wildman–Crippen LogP) is 3.08. The lowest BCUT2D eigenvalue weighted by Crippen LogP contribution is -2.23. The zero-order valence-corrected chi connectivity index (χ0v) is 11.6. The fourth-order valence-corrected chi connectivity index (χ4v) is 1.98. The maximum atomic E-state index is 12.1. The van der Waals surface area contributed by atoms with E-state index >= 15 is 0 Å². The lowest BCUT2D eigenvalue weighted by Gasteiger charge is -2.14. The summed E-state index contributed by atoms with van der Waals surface area (Å²) in [4.78, 5) is 0. The van der Waals surface area contributed by atoms with E-state index in [0.717, 1.165) is 5.56 Å². The quantitative estimate of drug-likeness (QED) is 0.811. The third-order valence-electron chi connectivity index (χ3n) is 2.70. The number of nitrogens with one attached hydrogen (secondary N) is 1. The fraction of sp³-hybridized carbons (Fsp3) is 0.571. The molecule has 0 spiro atoms. The van der Waals surface area contributed by atoms with Gasteiger partial charge < -0.3 is 15.2 Å². The Balaban J connectivity index is 2.43. The van der Waals surface area contributed by atoms with Crippen LogP contribution >= 0.6 is 0 Å². The topological polar surface area (TPSA) is 41.5 Å². The van der Waals surface area contributed by atoms with Crippen molar-refractivity contribution in [3.63, 3.8) is 0 Å². The normalized spacial score (nSPS) is 14.9. The minimum atomic E-state index is -4.67. The van der Waals surface area contributed by atoms with E-state index in [2.05, 4.69) is 10.1 Å². The summed E-state index contributed by atoms with van der Waals surface area (Å²) in [5, 5.41) is 12.4. The molecule has 1 aromatic carbocycles. The monoisotopic (exact) mass is 291 g/mol. The van der Waals surface area contributed by atoms with Crippen molar-refractivity contribution in [2.24, 2.45) is 5.92 Å². The second-order valence-corrected chi connectivity index (χ2v) is 5.02. The number of aliphatic hydroxyl groups excluding tert-OH is 1. The Morgan fingerprint density at radius 3 is 2.60 bits per heavy atom. The molecule has 0 bridgehead atoms. The maximum Gasteiger partial charge on any atom is 0.573 e. The Kier molecular flexibility index (Phi) is 6.29. The highest BCUT2D eigenvalue weighted by Gasteiger charge is 2.31. The number of hydrogen-bond acceptors (Lipinski definition) is 3. The van der Waals surface area contributed by atoms with E-state index in [9.17, 15) is 18.3 Å². The molecule has 0 saturated carbocycles. The van der Waals surface area contributed by atoms with Crippen molar-refractivity contribution in [3.05, 3.63) is 29.8 Å². The summed E-state index contributed by atoms with van der Waals surface area (Å²) in [7, 11) is 0. The van der Waals surface area contributed by atoms with E-state index in [4.69, 9.17) is 0 Å². The molecule has 0 heterocycles. The Labute approximate surface area is 116 Å². The van der Waals surface area contributed by atoms with Gasteiger partial charge in [0.1, 0.15) is 5.75 Å². The first kappa shape index (κ1) is 16.8. The molecule has 20 heavy (non-hydrogen) atoms. The summed E-state index contributed by atoms with van der Waals surface area (Å²) >= 11 is 0. The third kappa shape index (κ3) is 7.35. The van der Waals surface area contributed by atoms with Gasteiger partial charge in [0.15, 0.2) is 0 Å². The van der Waals surface area contributed by atoms with Gasteiger partial charge >= 0.3 is 6.36 Å². The minimum Gasteiger partial charge on any atom is -0.406 e. The van der Waals surface area contributed by atoms with Crippen molar-refractivity contribution in [1.82, 2.24) is 5.32 Å². The Morgan fingerprint density at radius 1 is 1.30 bits per heavy atom. The number of aliphatic hydroxyl groups is 1. The van der Waals surface area contributed by atoms with Crippen molar-refractivity contribution in [2.75, 3.05) is 6.54 Å². The van der Waals surface area contributed by atoms with Crippen LogP contribution in [0.3, 0.4) is 0 Å². The molecular formula is C14H20F3NO2. The highest BCUT2D eigenvalue weighted by molar-refractivity contribution is 5.28. The number of ether oxygens (including phenoxy) is 1. The molecule has 0 aliphatic carbocycles. The van der Waals surface area contributed by atoms with Crippen LogP contribution in [0.5, 0.6) is 5.75 Å². The van der Waals surface area contributed by atoms with Crippen molar-refractivity contribution in [2.45, 2.75) is 39.3 Å². The molecule has 0 radical (unpaired) electrons. The van der Waals surface area contributed by atoms with Gasteiger partial charge in [0.05, 0.1) is 6.10 Å². The van der Waals surface area contributed by atoms with E-state index in [-0.39, 0.29) is 11.9 Å². The second-order valence-electron chi connectivity index (χ2n) is 5.02. The summed E-state index contributed by atoms with van der Waals surface area (Å²) < 4.78 is 40.1. The largest absolute Gasteiger partial charge is 0.573 e. The van der Waals surface area contributed by atoms with Gasteiger partial charge in [-0.3, -0.25) is 0 Å². The molecule has 2 N–H and O–H groups in total. The van der Waals surface area contributed by atoms with Crippen molar-refractivity contribution >= 4 is 0 Å². The molecule has 114 valence electrons. The van der Waals surface area contributed by atoms with Crippen molar-refractivity contribution in [1.29, 1.82) is 0 Å². The summed E-state index contributed by atoms with van der Waals surface area (Å²) in [6.45, 7) is 4.88. The molecule has 2 unspecified atom stereocenters. The van der Waals surface area contributed by atoms with Gasteiger partial charge in [-0.05, 0) is 43.5 Å². The molecule has 3 nitrogen and oxygen atoms in total. The van der Waals surface area contributed by atoms with Gasteiger partial charge in [-0.1, -0.05) is 19.1 Å². The van der Waals surface area contributed by atoms with E-state index in [1.807, 2.05) is 6.92 Å². The smallest absolute Gasteiger partial charge is 0.406 e. The van der Waals surface area contributed by atoms with Crippen LogP contribution in [0.4, 0.5) is 13.2 Å². The van der Waals surface area contributed by atoms with Crippen LogP contribution in [-0.2, 0) is 6.54 Å². The molecule has 1 rings (SSSR count). The zero-order chi connectivity index (χ0) is 15.2. The summed E-state index contributed by atoms with van der Waals surface area (Å²) in [6.07, 6.45) is -4.34. The number of benzene rings is 1. The number of halogens is 3. The molecule has 2 atom stereocenters. The molecule has 0 aliphatic heterocycles. The van der Waals surface area contributed by atoms with Crippen molar-refractivity contribution < 1.29 is 23.0 Å². The first-order valence-corrected chi connectivity index (χ1v) is 6.49. The number of rotatable bonds is 7. The van der Waals surface area contributed by atoms with E-state index < -0.39 is 6.36 Å². The number of alkyl halides is 3. The van der Waals surface area contributed by atoms with Gasteiger partial charge in [0.2, 0.25) is 0 Å². The Morgan fingerprint density at radius 2 is 2.00 bits per heavy atom. The first-order valence-electron chi connectivity index (χ1n) is 6.49. The predicted molar refractivity (Wildman–Crippen MR) is 70.3 cm³/mol. The van der Waals surface area contributed by atoms with Gasteiger partial charge in [0, 0.05) is 6.54 Å². The SMILES string of the molecule is CC(O)CC(C)CNCc1cccc(OC(F)(F)F)c1. The van der Waals surface area contributed by atoms with Crippen molar-refractivity contribution in [3.8, 4) is 5.75 Å². The van der Waals surface area contributed by atoms with Gasteiger partial charge in [0.25, 0.3) is 0 Å². The Bertz CT molecular complexity index is 408.